The predicted molar refractivity (Wildman–Crippen MR) is 85.8 cm³/mol. The van der Waals surface area contributed by atoms with Gasteiger partial charge in [0.05, 0.1) is 15.7 Å². The van der Waals surface area contributed by atoms with Gasteiger partial charge in [0.15, 0.2) is 0 Å². The molecule has 102 valence electrons. The summed E-state index contributed by atoms with van der Waals surface area (Å²) in [7, 11) is 3.90. The number of anilines is 1. The monoisotopic (exact) mass is 335 g/mol. The summed E-state index contributed by atoms with van der Waals surface area (Å²) in [4.78, 5) is 1.96. The number of hydrogen-bond acceptors (Lipinski definition) is 1. The van der Waals surface area contributed by atoms with Crippen LogP contribution in [0.1, 0.15) is 17.9 Å². The Hall–Kier alpha value is -0.340. The van der Waals surface area contributed by atoms with Gasteiger partial charge in [-0.2, -0.15) is 0 Å². The Morgan fingerprint density at radius 1 is 1.11 bits per heavy atom. The quantitative estimate of drug-likeness (QED) is 0.669. The van der Waals surface area contributed by atoms with E-state index < -0.39 is 0 Å². The standard InChI is InChI=1S/C14H13Cl4N/c1-19(2)13-4-3-8(5-11(13)16)10-6-9(15)7-12(17)14(10)18/h3-5,7,10H,6H2,1-2H3. The topological polar surface area (TPSA) is 3.24 Å². The van der Waals surface area contributed by atoms with Gasteiger partial charge in [0.1, 0.15) is 0 Å². The highest BCUT2D eigenvalue weighted by molar-refractivity contribution is 6.42. The summed E-state index contributed by atoms with van der Waals surface area (Å²) in [5, 5.41) is 2.50. The average Bonchev–Trinajstić information content (AvgIpc) is 2.33. The summed E-state index contributed by atoms with van der Waals surface area (Å²) in [5.41, 5.74) is 1.99. The van der Waals surface area contributed by atoms with Crippen molar-refractivity contribution in [1.29, 1.82) is 0 Å². The number of hydrogen-bond donors (Lipinski definition) is 0. The molecule has 0 fully saturated rings. The first-order valence-corrected chi connectivity index (χ1v) is 7.29. The zero-order valence-electron chi connectivity index (χ0n) is 10.6. The number of allylic oxidation sites excluding steroid dienone is 4. The summed E-state index contributed by atoms with van der Waals surface area (Å²) < 4.78 is 0. The Balaban J connectivity index is 2.39. The largest absolute Gasteiger partial charge is 0.376 e. The van der Waals surface area contributed by atoms with Crippen LogP contribution in [0.4, 0.5) is 5.69 Å². The van der Waals surface area contributed by atoms with Crippen molar-refractivity contribution >= 4 is 52.1 Å². The van der Waals surface area contributed by atoms with Gasteiger partial charge in [-0.3, -0.25) is 0 Å². The lowest BCUT2D eigenvalue weighted by Gasteiger charge is -2.23. The van der Waals surface area contributed by atoms with Crippen LogP contribution < -0.4 is 4.90 Å². The summed E-state index contributed by atoms with van der Waals surface area (Å²) >= 11 is 24.7. The first-order chi connectivity index (χ1) is 8.90. The van der Waals surface area contributed by atoms with Gasteiger partial charge < -0.3 is 4.90 Å². The molecular formula is C14H13Cl4N. The van der Waals surface area contributed by atoms with Crippen molar-refractivity contribution < 1.29 is 0 Å². The minimum Gasteiger partial charge on any atom is -0.376 e. The van der Waals surface area contributed by atoms with Crippen LogP contribution in [0.2, 0.25) is 5.02 Å². The second-order valence-corrected chi connectivity index (χ2v) is 6.36. The van der Waals surface area contributed by atoms with E-state index >= 15 is 0 Å². The van der Waals surface area contributed by atoms with E-state index in [1.807, 2.05) is 37.2 Å². The van der Waals surface area contributed by atoms with Crippen molar-refractivity contribution in [3.63, 3.8) is 0 Å². The maximum atomic E-state index is 6.28. The van der Waals surface area contributed by atoms with Crippen molar-refractivity contribution in [1.82, 2.24) is 0 Å². The second-order valence-electron chi connectivity index (χ2n) is 4.65. The van der Waals surface area contributed by atoms with E-state index in [9.17, 15) is 0 Å². The molecule has 1 aromatic carbocycles. The maximum Gasteiger partial charge on any atom is 0.0642 e. The molecule has 0 saturated carbocycles. The van der Waals surface area contributed by atoms with E-state index in [1.54, 1.807) is 6.08 Å². The maximum absolute atomic E-state index is 6.28. The number of halogens is 4. The molecule has 0 aromatic heterocycles. The van der Waals surface area contributed by atoms with Gasteiger partial charge in [0.25, 0.3) is 0 Å². The second kappa shape index (κ2) is 5.97. The lowest BCUT2D eigenvalue weighted by Crippen LogP contribution is -2.10. The average molecular weight is 337 g/mol. The van der Waals surface area contributed by atoms with Gasteiger partial charge >= 0.3 is 0 Å². The molecule has 1 aliphatic carbocycles. The van der Waals surface area contributed by atoms with Crippen LogP contribution in [0.15, 0.2) is 39.4 Å². The molecule has 0 aliphatic heterocycles. The van der Waals surface area contributed by atoms with Crippen molar-refractivity contribution in [2.45, 2.75) is 12.3 Å². The molecule has 0 heterocycles. The predicted octanol–water partition coefficient (Wildman–Crippen LogP) is 5.71. The van der Waals surface area contributed by atoms with Crippen LogP contribution in [0.25, 0.3) is 0 Å². The highest BCUT2D eigenvalue weighted by atomic mass is 35.5. The SMILES string of the molecule is CN(C)c1ccc(C2CC(Cl)=CC(Cl)=C2Cl)cc1Cl. The molecule has 5 heteroatoms. The third kappa shape index (κ3) is 3.22. The van der Waals surface area contributed by atoms with Crippen LogP contribution >= 0.6 is 46.4 Å². The van der Waals surface area contributed by atoms with Gasteiger partial charge in [-0.15, -0.1) is 0 Å². The normalized spacial score (nSPS) is 19.5. The van der Waals surface area contributed by atoms with Crippen molar-refractivity contribution in [2.75, 3.05) is 19.0 Å². The van der Waals surface area contributed by atoms with Gasteiger partial charge in [0, 0.05) is 30.1 Å². The first-order valence-electron chi connectivity index (χ1n) is 5.78. The fourth-order valence-corrected chi connectivity index (χ4v) is 3.28. The van der Waals surface area contributed by atoms with E-state index in [-0.39, 0.29) is 5.92 Å². The Bertz CT molecular complexity index is 561. The molecule has 1 nitrogen and oxygen atoms in total. The van der Waals surface area contributed by atoms with Gasteiger partial charge in [0.2, 0.25) is 0 Å². The summed E-state index contributed by atoms with van der Waals surface area (Å²) in [6.07, 6.45) is 2.34. The van der Waals surface area contributed by atoms with Crippen LogP contribution in [-0.4, -0.2) is 14.1 Å². The number of rotatable bonds is 2. The highest BCUT2D eigenvalue weighted by Crippen LogP contribution is 2.43. The zero-order valence-corrected chi connectivity index (χ0v) is 13.6. The number of nitrogens with zero attached hydrogens (tertiary/aromatic N) is 1. The molecule has 19 heavy (non-hydrogen) atoms. The Morgan fingerprint density at radius 3 is 2.37 bits per heavy atom. The Kier molecular flexibility index (Phi) is 4.73. The third-order valence-corrected chi connectivity index (χ3v) is 4.52. The summed E-state index contributed by atoms with van der Waals surface area (Å²) in [6, 6.07) is 5.90. The molecule has 0 radical (unpaired) electrons. The molecule has 1 aromatic rings. The van der Waals surface area contributed by atoms with Crippen LogP contribution in [0.3, 0.4) is 0 Å². The first kappa shape index (κ1) is 15.1. The van der Waals surface area contributed by atoms with Gasteiger partial charge in [-0.25, -0.2) is 0 Å². The zero-order chi connectivity index (χ0) is 14.2. The molecule has 2 rings (SSSR count). The van der Waals surface area contributed by atoms with E-state index in [2.05, 4.69) is 0 Å². The fourth-order valence-electron chi connectivity index (χ4n) is 2.08. The Labute approximate surface area is 133 Å². The van der Waals surface area contributed by atoms with E-state index in [0.29, 0.717) is 26.5 Å². The van der Waals surface area contributed by atoms with Crippen LogP contribution in [0, 0.1) is 0 Å². The summed E-state index contributed by atoms with van der Waals surface area (Å²) in [6.45, 7) is 0. The van der Waals surface area contributed by atoms with Crippen LogP contribution in [-0.2, 0) is 0 Å². The fraction of sp³-hybridized carbons (Fsp3) is 0.286. The molecule has 0 N–H and O–H groups in total. The molecule has 0 amide bonds. The van der Waals surface area contributed by atoms with E-state index in [1.165, 1.54) is 0 Å². The summed E-state index contributed by atoms with van der Waals surface area (Å²) in [5.74, 6) is -0.0274. The van der Waals surface area contributed by atoms with Crippen molar-refractivity contribution in [2.24, 2.45) is 0 Å². The smallest absolute Gasteiger partial charge is 0.0642 e. The van der Waals surface area contributed by atoms with Crippen molar-refractivity contribution in [3.05, 3.63) is 50.0 Å². The Morgan fingerprint density at radius 2 is 1.79 bits per heavy atom. The molecule has 1 unspecified atom stereocenters. The van der Waals surface area contributed by atoms with Crippen LogP contribution in [0.5, 0.6) is 0 Å². The highest BCUT2D eigenvalue weighted by Gasteiger charge is 2.23. The number of benzene rings is 1. The van der Waals surface area contributed by atoms with E-state index in [4.69, 9.17) is 46.4 Å². The minimum absolute atomic E-state index is 0.0274. The molecule has 1 atom stereocenters. The lowest BCUT2D eigenvalue weighted by atomic mass is 9.92. The van der Waals surface area contributed by atoms with Gasteiger partial charge in [-0.1, -0.05) is 52.5 Å². The molecule has 0 saturated heterocycles. The molecular weight excluding hydrogens is 324 g/mol. The molecule has 0 spiro atoms. The minimum atomic E-state index is -0.0274. The van der Waals surface area contributed by atoms with E-state index in [0.717, 1.165) is 11.3 Å². The third-order valence-electron chi connectivity index (χ3n) is 3.07. The molecule has 0 bridgehead atoms. The lowest BCUT2D eigenvalue weighted by molar-refractivity contribution is 0.823. The van der Waals surface area contributed by atoms with Gasteiger partial charge in [-0.05, 0) is 30.2 Å². The molecule has 1 aliphatic rings. The van der Waals surface area contributed by atoms with Crippen molar-refractivity contribution in [3.8, 4) is 0 Å².